The summed E-state index contributed by atoms with van der Waals surface area (Å²) in [6.45, 7) is 0. The maximum atomic E-state index is 12.0. The third kappa shape index (κ3) is 3.68. The number of carboxylic acids is 1. The summed E-state index contributed by atoms with van der Waals surface area (Å²) in [5.74, 6) is 10.6. The largest absolute Gasteiger partial charge is 0.480 e. The number of hydroxylamine groups is 1. The standard InChI is InChI=1S/C14H23N9O5S/c1-29-3-2-14(13(26)27,23(16)17)4-7-9(24)12(25)22(28-7)21-6-20-8-10(15)18-5-19-11(8)21/h5-7,9,12,24-25H,2-4,16-17H2,1H3,(H,26,27)(H2,15,18,19)/t7-,9-,12-,14-/m1/s1. The van der Waals surface area contributed by atoms with E-state index in [1.54, 1.807) is 0 Å². The molecule has 0 saturated carbocycles. The molecular weight excluding hydrogens is 406 g/mol. The zero-order chi connectivity index (χ0) is 21.3. The van der Waals surface area contributed by atoms with E-state index < -0.39 is 29.9 Å². The number of rotatable bonds is 8. The summed E-state index contributed by atoms with van der Waals surface area (Å²) in [5.41, 5.74) is 4.55. The number of carboxylic acid groups (broad SMARTS) is 1. The number of aromatic nitrogens is 4. The lowest BCUT2D eigenvalue weighted by molar-refractivity contribution is -0.156. The van der Waals surface area contributed by atoms with Crippen molar-refractivity contribution in [3.8, 4) is 0 Å². The second kappa shape index (κ2) is 8.23. The first-order chi connectivity index (χ1) is 13.7. The highest BCUT2D eigenvalue weighted by Gasteiger charge is 2.51. The minimum Gasteiger partial charge on any atom is -0.480 e. The van der Waals surface area contributed by atoms with Gasteiger partial charge in [-0.15, -0.1) is 0 Å². The Labute approximate surface area is 169 Å². The molecule has 15 heteroatoms. The van der Waals surface area contributed by atoms with Crippen molar-refractivity contribution in [2.75, 3.05) is 22.9 Å². The van der Waals surface area contributed by atoms with Crippen molar-refractivity contribution in [3.05, 3.63) is 12.7 Å². The molecule has 1 saturated heterocycles. The third-order valence-electron chi connectivity index (χ3n) is 4.86. The van der Waals surface area contributed by atoms with Crippen molar-refractivity contribution in [3.63, 3.8) is 0 Å². The zero-order valence-corrected chi connectivity index (χ0v) is 16.3. The molecule has 0 aromatic carbocycles. The van der Waals surface area contributed by atoms with Crippen molar-refractivity contribution in [1.82, 2.24) is 24.7 Å². The summed E-state index contributed by atoms with van der Waals surface area (Å²) in [7, 11) is 0. The van der Waals surface area contributed by atoms with Gasteiger partial charge in [-0.05, 0) is 18.4 Å². The van der Waals surface area contributed by atoms with Gasteiger partial charge in [-0.25, -0.2) is 19.8 Å². The number of anilines is 1. The molecule has 3 heterocycles. The molecule has 160 valence electrons. The topological polar surface area (TPSA) is 215 Å². The average molecular weight is 429 g/mol. The van der Waals surface area contributed by atoms with Gasteiger partial charge in [0, 0.05) is 6.42 Å². The number of aliphatic carboxylic acids is 1. The third-order valence-corrected chi connectivity index (χ3v) is 5.48. The minimum atomic E-state index is -1.71. The number of aliphatic hydroxyl groups is 2. The second-order valence-corrected chi connectivity index (χ2v) is 7.55. The summed E-state index contributed by atoms with van der Waals surface area (Å²) in [4.78, 5) is 29.6. The van der Waals surface area contributed by atoms with Gasteiger partial charge in [-0.1, -0.05) is 0 Å². The predicted molar refractivity (Wildman–Crippen MR) is 103 cm³/mol. The minimum absolute atomic E-state index is 0.0942. The summed E-state index contributed by atoms with van der Waals surface area (Å²) >= 11 is 1.42. The molecule has 0 aliphatic carbocycles. The number of imidazole rings is 1. The highest BCUT2D eigenvalue weighted by molar-refractivity contribution is 7.98. The lowest BCUT2D eigenvalue weighted by atomic mass is 9.87. The van der Waals surface area contributed by atoms with E-state index in [9.17, 15) is 20.1 Å². The van der Waals surface area contributed by atoms with Crippen LogP contribution in [0, 0.1) is 0 Å². The van der Waals surface area contributed by atoms with Crippen LogP contribution >= 0.6 is 11.8 Å². The van der Waals surface area contributed by atoms with Crippen molar-refractivity contribution in [2.24, 2.45) is 11.7 Å². The molecule has 2 aromatic rings. The molecule has 3 rings (SSSR count). The van der Waals surface area contributed by atoms with Crippen LogP contribution in [-0.2, 0) is 9.63 Å². The first-order valence-corrected chi connectivity index (χ1v) is 9.90. The lowest BCUT2D eigenvalue weighted by Crippen LogP contribution is -2.63. The van der Waals surface area contributed by atoms with E-state index in [0.29, 0.717) is 10.9 Å². The average Bonchev–Trinajstić information content (AvgIpc) is 3.21. The molecule has 0 amide bonds. The van der Waals surface area contributed by atoms with Crippen molar-refractivity contribution in [1.29, 1.82) is 0 Å². The second-order valence-electron chi connectivity index (χ2n) is 6.56. The van der Waals surface area contributed by atoms with Crippen LogP contribution in [-0.4, -0.2) is 82.0 Å². The zero-order valence-electron chi connectivity index (χ0n) is 15.5. The molecule has 1 aliphatic rings. The first-order valence-electron chi connectivity index (χ1n) is 8.51. The maximum absolute atomic E-state index is 12.0. The first kappa shape index (κ1) is 21.4. The number of hydrogen-bond acceptors (Lipinski definition) is 13. The number of hydrogen-bond donors (Lipinski definition) is 6. The molecule has 14 nitrogen and oxygen atoms in total. The number of carbonyl (C=O) groups is 1. The number of thioether (sulfide) groups is 1. The van der Waals surface area contributed by atoms with Crippen LogP contribution < -0.4 is 22.6 Å². The molecular formula is C14H23N9O5S. The van der Waals surface area contributed by atoms with Crippen LogP contribution in [0.15, 0.2) is 12.7 Å². The normalized spacial score (nSPS) is 24.3. The molecule has 4 atom stereocenters. The van der Waals surface area contributed by atoms with Gasteiger partial charge in [0.1, 0.15) is 24.9 Å². The number of hydrazine groups is 2. The van der Waals surface area contributed by atoms with Gasteiger partial charge in [0.2, 0.25) is 0 Å². The molecule has 29 heavy (non-hydrogen) atoms. The molecule has 1 aliphatic heterocycles. The predicted octanol–water partition coefficient (Wildman–Crippen LogP) is -2.64. The fourth-order valence-corrected chi connectivity index (χ4v) is 3.69. The lowest BCUT2D eigenvalue weighted by Gasteiger charge is -2.36. The van der Waals surface area contributed by atoms with E-state index in [-0.39, 0.29) is 29.8 Å². The van der Waals surface area contributed by atoms with E-state index in [0.717, 1.165) is 5.17 Å². The Morgan fingerprint density at radius 2 is 2.10 bits per heavy atom. The van der Waals surface area contributed by atoms with Gasteiger partial charge in [0.05, 0.1) is 0 Å². The molecule has 1 fully saturated rings. The summed E-state index contributed by atoms with van der Waals surface area (Å²) in [6, 6.07) is 0. The Morgan fingerprint density at radius 1 is 1.38 bits per heavy atom. The Kier molecular flexibility index (Phi) is 6.08. The van der Waals surface area contributed by atoms with Crippen LogP contribution in [0.3, 0.4) is 0 Å². The number of nitrogen functional groups attached to an aromatic ring is 1. The van der Waals surface area contributed by atoms with E-state index >= 15 is 0 Å². The van der Waals surface area contributed by atoms with E-state index in [4.69, 9.17) is 22.3 Å². The number of nitrogens with zero attached hydrogens (tertiary/aromatic N) is 6. The van der Waals surface area contributed by atoms with Gasteiger partial charge >= 0.3 is 5.97 Å². The van der Waals surface area contributed by atoms with Crippen LogP contribution in [0.25, 0.3) is 11.2 Å². The smallest absolute Gasteiger partial charge is 0.327 e. The van der Waals surface area contributed by atoms with Crippen LogP contribution in [0.5, 0.6) is 0 Å². The molecule has 2 aromatic heterocycles. The van der Waals surface area contributed by atoms with E-state index in [2.05, 4.69) is 15.0 Å². The monoisotopic (exact) mass is 429 g/mol. The molecule has 0 radical (unpaired) electrons. The van der Waals surface area contributed by atoms with Crippen LogP contribution in [0.2, 0.25) is 0 Å². The maximum Gasteiger partial charge on any atom is 0.327 e. The molecule has 0 bridgehead atoms. The molecule has 0 unspecified atom stereocenters. The van der Waals surface area contributed by atoms with Gasteiger partial charge in [-0.3, -0.25) is 16.5 Å². The summed E-state index contributed by atoms with van der Waals surface area (Å²) in [6.07, 6.45) is -0.00685. The SMILES string of the molecule is CSCC[C@@](C[C@H]1ON(n2cnc3c(N)ncnc32)[C@H](O)[C@@H]1O)(C(=O)O)N(N)N. The van der Waals surface area contributed by atoms with Crippen molar-refractivity contribution in [2.45, 2.75) is 36.8 Å². The Morgan fingerprint density at radius 3 is 2.72 bits per heavy atom. The van der Waals surface area contributed by atoms with Gasteiger partial charge in [0.15, 0.2) is 28.7 Å². The van der Waals surface area contributed by atoms with Crippen LogP contribution in [0.4, 0.5) is 5.82 Å². The van der Waals surface area contributed by atoms with Gasteiger partial charge in [0.25, 0.3) is 0 Å². The van der Waals surface area contributed by atoms with E-state index in [1.807, 2.05) is 6.26 Å². The highest BCUT2D eigenvalue weighted by Crippen LogP contribution is 2.31. The summed E-state index contributed by atoms with van der Waals surface area (Å²) < 4.78 is 1.24. The van der Waals surface area contributed by atoms with Crippen molar-refractivity contribution < 1.29 is 25.0 Å². The van der Waals surface area contributed by atoms with Crippen molar-refractivity contribution >= 4 is 34.7 Å². The Bertz CT molecular complexity index is 882. The van der Waals surface area contributed by atoms with E-state index in [1.165, 1.54) is 29.1 Å². The Balaban J connectivity index is 1.90. The number of fused-ring (bicyclic) bond motifs is 1. The fraction of sp³-hybridized carbons (Fsp3) is 0.571. The number of nitrogens with two attached hydrogens (primary N) is 3. The quantitative estimate of drug-likeness (QED) is 0.187. The van der Waals surface area contributed by atoms with Gasteiger partial charge in [-0.2, -0.15) is 26.7 Å². The van der Waals surface area contributed by atoms with Crippen LogP contribution in [0.1, 0.15) is 12.8 Å². The fourth-order valence-electron chi connectivity index (χ4n) is 3.15. The highest BCUT2D eigenvalue weighted by atomic mass is 32.2. The summed E-state index contributed by atoms with van der Waals surface area (Å²) in [5, 5.41) is 32.3. The molecule has 0 spiro atoms. The molecule has 9 N–H and O–H groups in total. The Hall–Kier alpha value is -2.27. The van der Waals surface area contributed by atoms with Gasteiger partial charge < -0.3 is 21.1 Å². The number of aliphatic hydroxyl groups excluding tert-OH is 2.